The molecule has 1 fully saturated rings. The van der Waals surface area contributed by atoms with E-state index in [-0.39, 0.29) is 12.8 Å². The van der Waals surface area contributed by atoms with E-state index in [2.05, 4.69) is 36.6 Å². The minimum atomic E-state index is -5.38. The average molecular weight is 953 g/mol. The molecular formula is C45H78O17P2. The average Bonchev–Trinajstić information content (AvgIpc) is 3.24. The number of rotatable bonds is 37. The van der Waals surface area contributed by atoms with Crippen LogP contribution in [0.2, 0.25) is 0 Å². The maximum atomic E-state index is 13.0. The van der Waals surface area contributed by atoms with Gasteiger partial charge in [0.25, 0.3) is 0 Å². The number of aliphatic hydroxyl groups excluding tert-OH is 5. The van der Waals surface area contributed by atoms with Crippen LogP contribution in [0.3, 0.4) is 0 Å². The van der Waals surface area contributed by atoms with Crippen LogP contribution in [0.15, 0.2) is 60.8 Å². The molecule has 1 aliphatic rings. The molecule has 370 valence electrons. The molecule has 17 nitrogen and oxygen atoms in total. The van der Waals surface area contributed by atoms with E-state index in [1.807, 2.05) is 30.4 Å². The second-order valence-electron chi connectivity index (χ2n) is 16.0. The van der Waals surface area contributed by atoms with Crippen LogP contribution in [0.25, 0.3) is 0 Å². The van der Waals surface area contributed by atoms with Crippen molar-refractivity contribution in [3.05, 3.63) is 60.8 Å². The van der Waals surface area contributed by atoms with Crippen molar-refractivity contribution in [1.29, 1.82) is 0 Å². The van der Waals surface area contributed by atoms with Crippen molar-refractivity contribution in [2.75, 3.05) is 13.2 Å². The van der Waals surface area contributed by atoms with E-state index in [9.17, 15) is 49.1 Å². The second-order valence-corrected chi connectivity index (χ2v) is 18.6. The smallest absolute Gasteiger partial charge is 0.462 e. The summed E-state index contributed by atoms with van der Waals surface area (Å²) in [4.78, 5) is 54.2. The highest BCUT2D eigenvalue weighted by molar-refractivity contribution is 7.47. The van der Waals surface area contributed by atoms with Crippen LogP contribution in [-0.4, -0.2) is 114 Å². The van der Waals surface area contributed by atoms with Crippen LogP contribution in [0.1, 0.15) is 149 Å². The van der Waals surface area contributed by atoms with E-state index in [0.717, 1.165) is 51.4 Å². The monoisotopic (exact) mass is 952 g/mol. The standard InChI is InChI=1S/C45H78O17P2/c1-3-5-7-9-11-12-13-14-15-16-20-24-28-32-38(47)58-34-37(35-59-64(56,57)62-45-42(51)40(49)41(50)44(43(45)52)61-63(53,54)55)60-39(48)33-29-25-21-18-17-19-23-27-31-36(46)30-26-22-10-8-6-4-2/h12-13,18-19,21-23,26-27,31,36-37,40-46,49-52H,3-11,14-17,20,24-25,28-30,32-35H2,1-2H3,(H,56,57)(H2,53,54,55)/b13-12-,21-18-,23-19-,26-22-,31-27+/t36-,37+,40?,41?,42?,43?,44+,45-/m0/s1. The lowest BCUT2D eigenvalue weighted by Crippen LogP contribution is -2.64. The van der Waals surface area contributed by atoms with Crippen molar-refractivity contribution >= 4 is 27.6 Å². The Labute approximate surface area is 380 Å². The molecule has 0 aromatic rings. The van der Waals surface area contributed by atoms with Gasteiger partial charge in [0.15, 0.2) is 6.10 Å². The number of phosphoric acid groups is 2. The fraction of sp³-hybridized carbons (Fsp3) is 0.733. The number of carbonyl (C=O) groups excluding carboxylic acids is 2. The highest BCUT2D eigenvalue weighted by Crippen LogP contribution is 2.49. The Bertz CT molecular complexity index is 1490. The fourth-order valence-corrected chi connectivity index (χ4v) is 8.05. The summed E-state index contributed by atoms with van der Waals surface area (Å²) < 4.78 is 49.2. The van der Waals surface area contributed by atoms with Gasteiger partial charge in [0, 0.05) is 12.8 Å². The van der Waals surface area contributed by atoms with Gasteiger partial charge in [-0.1, -0.05) is 126 Å². The first-order valence-corrected chi connectivity index (χ1v) is 26.0. The minimum Gasteiger partial charge on any atom is -0.462 e. The maximum Gasteiger partial charge on any atom is 0.472 e. The zero-order valence-corrected chi connectivity index (χ0v) is 39.6. The van der Waals surface area contributed by atoms with E-state index < -0.39 is 89.6 Å². The Hall–Kier alpha value is -2.34. The van der Waals surface area contributed by atoms with Crippen LogP contribution in [-0.2, 0) is 41.8 Å². The third-order valence-electron chi connectivity index (χ3n) is 10.1. The van der Waals surface area contributed by atoms with E-state index in [1.165, 1.54) is 38.5 Å². The predicted octanol–water partition coefficient (Wildman–Crippen LogP) is 7.25. The molecule has 1 saturated carbocycles. The molecule has 0 aliphatic heterocycles. The van der Waals surface area contributed by atoms with Gasteiger partial charge >= 0.3 is 27.6 Å². The van der Waals surface area contributed by atoms with Gasteiger partial charge in [-0.05, 0) is 70.6 Å². The molecule has 9 atom stereocenters. The zero-order valence-electron chi connectivity index (χ0n) is 37.8. The highest BCUT2D eigenvalue weighted by Gasteiger charge is 2.54. The molecular weight excluding hydrogens is 874 g/mol. The van der Waals surface area contributed by atoms with Crippen molar-refractivity contribution in [1.82, 2.24) is 0 Å². The number of ether oxygens (including phenoxy) is 2. The lowest BCUT2D eigenvalue weighted by atomic mass is 9.85. The summed E-state index contributed by atoms with van der Waals surface area (Å²) in [5, 5.41) is 51.2. The van der Waals surface area contributed by atoms with Gasteiger partial charge in [-0.15, -0.1) is 0 Å². The normalized spacial score (nSPS) is 22.8. The first kappa shape index (κ1) is 59.7. The molecule has 0 bridgehead atoms. The molecule has 1 aliphatic carbocycles. The Morgan fingerprint density at radius 2 is 1.11 bits per heavy atom. The van der Waals surface area contributed by atoms with E-state index in [1.54, 1.807) is 12.2 Å². The summed E-state index contributed by atoms with van der Waals surface area (Å²) in [6.07, 6.45) is 22.1. The third-order valence-corrected chi connectivity index (χ3v) is 11.6. The number of hydrogen-bond donors (Lipinski definition) is 8. The number of esters is 2. The summed E-state index contributed by atoms with van der Waals surface area (Å²) in [6.45, 7) is 2.92. The third kappa shape index (κ3) is 30.0. The number of aliphatic hydroxyl groups is 5. The number of hydrogen-bond acceptors (Lipinski definition) is 14. The summed E-state index contributed by atoms with van der Waals surface area (Å²) >= 11 is 0. The minimum absolute atomic E-state index is 0.0675. The summed E-state index contributed by atoms with van der Waals surface area (Å²) in [6, 6.07) is 0. The van der Waals surface area contributed by atoms with Gasteiger partial charge in [-0.2, -0.15) is 0 Å². The molecule has 0 saturated heterocycles. The Balaban J connectivity index is 2.70. The predicted molar refractivity (Wildman–Crippen MR) is 242 cm³/mol. The van der Waals surface area contributed by atoms with Gasteiger partial charge < -0.3 is 49.7 Å². The lowest BCUT2D eigenvalue weighted by molar-refractivity contribution is -0.216. The topological polar surface area (TPSA) is 276 Å². The number of phosphoric ester groups is 2. The summed E-state index contributed by atoms with van der Waals surface area (Å²) in [7, 11) is -10.7. The molecule has 0 aromatic heterocycles. The van der Waals surface area contributed by atoms with Gasteiger partial charge in [0.1, 0.15) is 43.2 Å². The molecule has 5 unspecified atom stereocenters. The number of allylic oxidation sites excluding steroid dienone is 8. The van der Waals surface area contributed by atoms with Crippen molar-refractivity contribution in [3.8, 4) is 0 Å². The molecule has 8 N–H and O–H groups in total. The van der Waals surface area contributed by atoms with Crippen molar-refractivity contribution in [3.63, 3.8) is 0 Å². The van der Waals surface area contributed by atoms with Gasteiger partial charge in [-0.25, -0.2) is 9.13 Å². The van der Waals surface area contributed by atoms with E-state index in [4.69, 9.17) is 28.3 Å². The Morgan fingerprint density at radius 1 is 0.578 bits per heavy atom. The molecule has 0 spiro atoms. The first-order chi connectivity index (χ1) is 30.5. The summed E-state index contributed by atoms with van der Waals surface area (Å²) in [5.41, 5.74) is 0. The van der Waals surface area contributed by atoms with E-state index >= 15 is 0 Å². The van der Waals surface area contributed by atoms with Gasteiger partial charge in [0.05, 0.1) is 12.7 Å². The number of unbranched alkanes of at least 4 members (excludes halogenated alkanes) is 13. The van der Waals surface area contributed by atoms with Crippen molar-refractivity contribution in [2.24, 2.45) is 0 Å². The highest BCUT2D eigenvalue weighted by atomic mass is 31.2. The van der Waals surface area contributed by atoms with E-state index in [0.29, 0.717) is 32.1 Å². The Morgan fingerprint density at radius 3 is 1.77 bits per heavy atom. The first-order valence-electron chi connectivity index (χ1n) is 22.9. The second kappa shape index (κ2) is 35.8. The van der Waals surface area contributed by atoms with Crippen molar-refractivity contribution in [2.45, 2.75) is 198 Å². The van der Waals surface area contributed by atoms with Crippen molar-refractivity contribution < 1.29 is 82.0 Å². The largest absolute Gasteiger partial charge is 0.472 e. The summed E-state index contributed by atoms with van der Waals surface area (Å²) in [5.74, 6) is -1.33. The number of carbonyl (C=O) groups is 2. The molecule has 0 heterocycles. The lowest BCUT2D eigenvalue weighted by Gasteiger charge is -2.43. The van der Waals surface area contributed by atoms with Gasteiger partial charge in [-0.3, -0.25) is 23.2 Å². The Kier molecular flexibility index (Phi) is 33.4. The molecule has 64 heavy (non-hydrogen) atoms. The maximum absolute atomic E-state index is 13.0. The van der Waals surface area contributed by atoms with Crippen LogP contribution >= 0.6 is 15.6 Å². The van der Waals surface area contributed by atoms with Crippen LogP contribution in [0, 0.1) is 0 Å². The van der Waals surface area contributed by atoms with Crippen LogP contribution in [0.4, 0.5) is 0 Å². The molecule has 0 radical (unpaired) electrons. The zero-order chi connectivity index (χ0) is 47.6. The SMILES string of the molecule is CCCCC/C=C\C[C@H](O)/C=C/C=C\C/C=C\CCCC(=O)O[C@H](COC(=O)CCCCCCC/C=C\CCCCCC)COP(=O)(O)O[C@H]1C(O)C(O)C(O)[C@@H](OP(=O)(O)O)C1O. The van der Waals surface area contributed by atoms with Gasteiger partial charge in [0.2, 0.25) is 0 Å². The van der Waals surface area contributed by atoms with Crippen LogP contribution in [0.5, 0.6) is 0 Å². The fourth-order valence-electron chi connectivity index (χ4n) is 6.51. The molecule has 1 rings (SSSR count). The molecule has 19 heteroatoms. The quantitative estimate of drug-likeness (QED) is 0.0100. The van der Waals surface area contributed by atoms with Crippen LogP contribution < -0.4 is 0 Å². The molecule has 0 amide bonds. The molecule has 0 aromatic carbocycles.